The fourth-order valence-electron chi connectivity index (χ4n) is 2.24. The van der Waals surface area contributed by atoms with E-state index in [9.17, 15) is 9.59 Å². The number of ketones is 1. The number of ether oxygens (including phenoxy) is 1. The van der Waals surface area contributed by atoms with Crippen molar-refractivity contribution in [2.75, 3.05) is 11.9 Å². The molecular formula is C20H21NO3. The van der Waals surface area contributed by atoms with Crippen LogP contribution in [0, 0.1) is 0 Å². The molecule has 0 fully saturated rings. The molecule has 0 heterocycles. The maximum absolute atomic E-state index is 12.2. The molecule has 2 aromatic rings. The predicted molar refractivity (Wildman–Crippen MR) is 94.7 cm³/mol. The maximum Gasteiger partial charge on any atom is 0.228 e. The first-order chi connectivity index (χ1) is 11.7. The lowest BCUT2D eigenvalue weighted by molar-refractivity contribution is -0.116. The third-order valence-corrected chi connectivity index (χ3v) is 3.38. The van der Waals surface area contributed by atoms with Gasteiger partial charge in [0.1, 0.15) is 0 Å². The number of hydrogen-bond donors (Lipinski definition) is 1. The molecule has 0 unspecified atom stereocenters. The zero-order valence-electron chi connectivity index (χ0n) is 13.7. The minimum atomic E-state index is -0.106. The van der Waals surface area contributed by atoms with Gasteiger partial charge < -0.3 is 10.1 Å². The number of hydrogen-bond acceptors (Lipinski definition) is 3. The standard InChI is InChI=1S/C20H21NO3/c1-2-24-13-12-18(22)15-17-10-6-7-11-19(17)21-20(23)14-16-8-4-3-5-9-16/h3-13H,2,14-15H2,1H3,(H,21,23)/b13-12+. The highest BCUT2D eigenvalue weighted by Gasteiger charge is 2.09. The van der Waals surface area contributed by atoms with Gasteiger partial charge in [0, 0.05) is 18.2 Å². The van der Waals surface area contributed by atoms with Crippen molar-refractivity contribution in [2.24, 2.45) is 0 Å². The zero-order chi connectivity index (χ0) is 17.2. The van der Waals surface area contributed by atoms with Crippen LogP contribution >= 0.6 is 0 Å². The van der Waals surface area contributed by atoms with Gasteiger partial charge in [-0.3, -0.25) is 9.59 Å². The van der Waals surface area contributed by atoms with Crippen LogP contribution in [0.5, 0.6) is 0 Å². The maximum atomic E-state index is 12.2. The Bertz CT molecular complexity index is 708. The first-order valence-corrected chi connectivity index (χ1v) is 7.91. The first-order valence-electron chi connectivity index (χ1n) is 7.91. The minimum Gasteiger partial charge on any atom is -0.501 e. The Kier molecular flexibility index (Phi) is 6.77. The van der Waals surface area contributed by atoms with Crippen molar-refractivity contribution in [3.63, 3.8) is 0 Å². The third kappa shape index (κ3) is 5.72. The Morgan fingerprint density at radius 2 is 1.71 bits per heavy atom. The third-order valence-electron chi connectivity index (χ3n) is 3.38. The van der Waals surface area contributed by atoms with Gasteiger partial charge in [-0.2, -0.15) is 0 Å². The van der Waals surface area contributed by atoms with Crippen molar-refractivity contribution in [3.05, 3.63) is 78.1 Å². The summed E-state index contributed by atoms with van der Waals surface area (Å²) in [7, 11) is 0. The van der Waals surface area contributed by atoms with Gasteiger partial charge in [-0.15, -0.1) is 0 Å². The molecule has 0 aromatic heterocycles. The van der Waals surface area contributed by atoms with Gasteiger partial charge in [-0.25, -0.2) is 0 Å². The van der Waals surface area contributed by atoms with E-state index in [2.05, 4.69) is 5.32 Å². The van der Waals surface area contributed by atoms with Gasteiger partial charge in [0.15, 0.2) is 5.78 Å². The van der Waals surface area contributed by atoms with Gasteiger partial charge in [-0.1, -0.05) is 48.5 Å². The van der Waals surface area contributed by atoms with E-state index in [1.54, 1.807) is 6.07 Å². The topological polar surface area (TPSA) is 55.4 Å². The Morgan fingerprint density at radius 3 is 2.46 bits per heavy atom. The summed E-state index contributed by atoms with van der Waals surface area (Å²) >= 11 is 0. The average Bonchev–Trinajstić information content (AvgIpc) is 2.58. The number of carbonyl (C=O) groups is 2. The monoisotopic (exact) mass is 323 g/mol. The molecule has 0 aliphatic carbocycles. The minimum absolute atomic E-state index is 0.0757. The fourth-order valence-corrected chi connectivity index (χ4v) is 2.24. The van der Waals surface area contributed by atoms with Gasteiger partial charge in [0.2, 0.25) is 5.91 Å². The number of para-hydroxylation sites is 1. The van der Waals surface area contributed by atoms with Crippen LogP contribution in [0.4, 0.5) is 5.69 Å². The van der Waals surface area contributed by atoms with Gasteiger partial charge in [0.05, 0.1) is 19.3 Å². The lowest BCUT2D eigenvalue weighted by Gasteiger charge is -2.10. The highest BCUT2D eigenvalue weighted by atomic mass is 16.5. The lowest BCUT2D eigenvalue weighted by Crippen LogP contribution is -2.16. The summed E-state index contributed by atoms with van der Waals surface area (Å²) in [4.78, 5) is 24.1. The lowest BCUT2D eigenvalue weighted by atomic mass is 10.1. The fraction of sp³-hybridized carbons (Fsp3) is 0.200. The molecule has 24 heavy (non-hydrogen) atoms. The van der Waals surface area contributed by atoms with E-state index < -0.39 is 0 Å². The molecule has 0 aliphatic heterocycles. The van der Waals surface area contributed by atoms with Crippen LogP contribution in [0.3, 0.4) is 0 Å². The van der Waals surface area contributed by atoms with Crippen molar-refractivity contribution in [2.45, 2.75) is 19.8 Å². The number of anilines is 1. The molecule has 0 aliphatic rings. The van der Waals surface area contributed by atoms with Crippen LogP contribution in [-0.2, 0) is 27.2 Å². The second kappa shape index (κ2) is 9.30. The van der Waals surface area contributed by atoms with E-state index in [-0.39, 0.29) is 18.1 Å². The number of amides is 1. The molecule has 0 atom stereocenters. The highest BCUT2D eigenvalue weighted by Crippen LogP contribution is 2.16. The summed E-state index contributed by atoms with van der Waals surface area (Å²) in [6.07, 6.45) is 3.32. The Hall–Kier alpha value is -2.88. The molecule has 1 N–H and O–H groups in total. The van der Waals surface area contributed by atoms with E-state index >= 15 is 0 Å². The highest BCUT2D eigenvalue weighted by molar-refractivity contribution is 5.96. The van der Waals surface area contributed by atoms with E-state index in [0.717, 1.165) is 11.1 Å². The average molecular weight is 323 g/mol. The van der Waals surface area contributed by atoms with Crippen LogP contribution in [0.15, 0.2) is 66.9 Å². The van der Waals surface area contributed by atoms with Crippen molar-refractivity contribution in [1.29, 1.82) is 0 Å². The largest absolute Gasteiger partial charge is 0.501 e. The normalized spacial score (nSPS) is 10.5. The van der Waals surface area contributed by atoms with Crippen LogP contribution in [0.1, 0.15) is 18.1 Å². The van der Waals surface area contributed by atoms with Crippen molar-refractivity contribution < 1.29 is 14.3 Å². The second-order valence-corrected chi connectivity index (χ2v) is 5.27. The van der Waals surface area contributed by atoms with E-state index in [0.29, 0.717) is 18.7 Å². The number of nitrogens with one attached hydrogen (secondary N) is 1. The van der Waals surface area contributed by atoms with Gasteiger partial charge in [-0.05, 0) is 24.1 Å². The summed E-state index contributed by atoms with van der Waals surface area (Å²) in [5.74, 6) is -0.181. The van der Waals surface area contributed by atoms with Crippen LogP contribution in [0.2, 0.25) is 0 Å². The molecule has 0 spiro atoms. The van der Waals surface area contributed by atoms with Crippen LogP contribution in [-0.4, -0.2) is 18.3 Å². The molecule has 0 bridgehead atoms. The zero-order valence-corrected chi connectivity index (χ0v) is 13.7. The molecule has 2 aromatic carbocycles. The summed E-state index contributed by atoms with van der Waals surface area (Å²) < 4.78 is 5.03. The van der Waals surface area contributed by atoms with Crippen LogP contribution < -0.4 is 5.32 Å². The van der Waals surface area contributed by atoms with Gasteiger partial charge >= 0.3 is 0 Å². The second-order valence-electron chi connectivity index (χ2n) is 5.27. The molecule has 4 heteroatoms. The molecular weight excluding hydrogens is 302 g/mol. The summed E-state index contributed by atoms with van der Waals surface area (Å²) in [6, 6.07) is 16.9. The molecule has 124 valence electrons. The molecule has 2 rings (SSSR count). The smallest absolute Gasteiger partial charge is 0.228 e. The first kappa shape index (κ1) is 17.5. The number of allylic oxidation sites excluding steroid dienone is 1. The van der Waals surface area contributed by atoms with E-state index in [1.165, 1.54) is 12.3 Å². The Labute approximate surface area is 142 Å². The van der Waals surface area contributed by atoms with Crippen LogP contribution in [0.25, 0.3) is 0 Å². The Morgan fingerprint density at radius 1 is 1.00 bits per heavy atom. The summed E-state index contributed by atoms with van der Waals surface area (Å²) in [6.45, 7) is 2.38. The molecule has 0 saturated heterocycles. The molecule has 0 saturated carbocycles. The Balaban J connectivity index is 2.00. The molecule has 0 radical (unpaired) electrons. The van der Waals surface area contributed by atoms with Crippen molar-refractivity contribution >= 4 is 17.4 Å². The number of benzene rings is 2. The number of rotatable bonds is 8. The summed E-state index contributed by atoms with van der Waals surface area (Å²) in [5.41, 5.74) is 2.39. The molecule has 4 nitrogen and oxygen atoms in total. The van der Waals surface area contributed by atoms with E-state index in [1.807, 2.05) is 55.5 Å². The van der Waals surface area contributed by atoms with Gasteiger partial charge in [0.25, 0.3) is 0 Å². The number of carbonyl (C=O) groups excluding carboxylic acids is 2. The predicted octanol–water partition coefficient (Wildman–Crippen LogP) is 3.53. The summed E-state index contributed by atoms with van der Waals surface area (Å²) in [5, 5.41) is 2.89. The SMILES string of the molecule is CCO/C=C/C(=O)Cc1ccccc1NC(=O)Cc1ccccc1. The van der Waals surface area contributed by atoms with E-state index in [4.69, 9.17) is 4.74 Å². The molecule has 1 amide bonds. The van der Waals surface area contributed by atoms with Crippen molar-refractivity contribution in [3.8, 4) is 0 Å². The van der Waals surface area contributed by atoms with Crippen molar-refractivity contribution in [1.82, 2.24) is 0 Å². The quantitative estimate of drug-likeness (QED) is 0.597.